The number of carbonyl (C=O) groups excluding carboxylic acids is 1. The number of nitrogens with one attached hydrogen (secondary N) is 2. The summed E-state index contributed by atoms with van der Waals surface area (Å²) in [4.78, 5) is 11.0. The fourth-order valence-electron chi connectivity index (χ4n) is 0.754. The third-order valence-electron chi connectivity index (χ3n) is 1.40. The molecule has 0 unspecified atom stereocenters. The Labute approximate surface area is 85.1 Å². The minimum absolute atomic E-state index is 0.120. The van der Waals surface area contributed by atoms with Crippen molar-refractivity contribution < 1.29 is 9.53 Å². The Balaban J connectivity index is 2.09. The Kier molecular flexibility index (Phi) is 4.01. The minimum atomic E-state index is -0.488. The number of tetrazole rings is 1. The number of carbonyl (C=O) groups is 1. The van der Waals surface area contributed by atoms with Crippen LogP contribution in [-0.2, 0) is 16.1 Å². The quantitative estimate of drug-likeness (QED) is 0.284. The van der Waals surface area contributed by atoms with Crippen molar-refractivity contribution in [1.82, 2.24) is 25.5 Å². The summed E-state index contributed by atoms with van der Waals surface area (Å²) in [7, 11) is 0. The van der Waals surface area contributed by atoms with Crippen LogP contribution in [-0.4, -0.2) is 45.3 Å². The summed E-state index contributed by atoms with van der Waals surface area (Å²) in [5.41, 5.74) is 4.98. The van der Waals surface area contributed by atoms with E-state index < -0.39 is 5.97 Å². The van der Waals surface area contributed by atoms with E-state index in [4.69, 9.17) is 15.9 Å². The van der Waals surface area contributed by atoms with E-state index in [1.165, 1.54) is 11.0 Å². The molecule has 1 rings (SSSR count). The molecule has 0 aliphatic rings. The highest BCUT2D eigenvalue weighted by atomic mass is 16.5. The molecule has 0 aliphatic carbocycles. The van der Waals surface area contributed by atoms with Crippen LogP contribution in [0.4, 0.5) is 0 Å². The maximum absolute atomic E-state index is 11.0. The number of hydrogen-bond donors (Lipinski definition) is 3. The highest BCUT2D eigenvalue weighted by Gasteiger charge is 2.02. The number of hydrogen-bond acceptors (Lipinski definition) is 6. The average molecular weight is 213 g/mol. The lowest BCUT2D eigenvalue weighted by Gasteiger charge is -2.04. The molecule has 0 saturated heterocycles. The lowest BCUT2D eigenvalue weighted by atomic mass is 10.6. The van der Waals surface area contributed by atoms with Crippen LogP contribution < -0.4 is 11.1 Å². The van der Waals surface area contributed by atoms with E-state index in [0.717, 1.165) is 0 Å². The van der Waals surface area contributed by atoms with Crippen molar-refractivity contribution in [2.75, 3.05) is 13.2 Å². The molecule has 0 radical (unpaired) electrons. The topological polar surface area (TPSA) is 132 Å². The van der Waals surface area contributed by atoms with Gasteiger partial charge >= 0.3 is 5.97 Å². The lowest BCUT2D eigenvalue weighted by Crippen LogP contribution is -2.35. The van der Waals surface area contributed by atoms with Gasteiger partial charge in [0.15, 0.2) is 5.96 Å². The molecule has 0 bridgehead atoms. The minimum Gasteiger partial charge on any atom is -0.462 e. The van der Waals surface area contributed by atoms with Crippen molar-refractivity contribution >= 4 is 11.9 Å². The fourth-order valence-corrected chi connectivity index (χ4v) is 0.754. The summed E-state index contributed by atoms with van der Waals surface area (Å²) in [6, 6.07) is 0. The number of esters is 1. The third-order valence-corrected chi connectivity index (χ3v) is 1.40. The van der Waals surface area contributed by atoms with Gasteiger partial charge in [0.2, 0.25) is 0 Å². The zero-order chi connectivity index (χ0) is 11.1. The molecule has 4 N–H and O–H groups in total. The summed E-state index contributed by atoms with van der Waals surface area (Å²) >= 11 is 0. The number of ether oxygens (including phenoxy) is 1. The standard InChI is InChI=1S/C6H11N7O2/c7-6(8)9-3-5(14)15-2-1-13-4-10-11-12-13/h4H,1-3H2,(H4,7,8,9). The Morgan fingerprint density at radius 2 is 2.47 bits per heavy atom. The van der Waals surface area contributed by atoms with E-state index in [1.807, 2.05) is 0 Å². The summed E-state index contributed by atoms with van der Waals surface area (Å²) in [5.74, 6) is -0.759. The highest BCUT2D eigenvalue weighted by Crippen LogP contribution is 1.82. The van der Waals surface area contributed by atoms with E-state index in [1.54, 1.807) is 0 Å². The number of guanidine groups is 1. The second-order valence-corrected chi connectivity index (χ2v) is 2.56. The molecule has 15 heavy (non-hydrogen) atoms. The van der Waals surface area contributed by atoms with Crippen molar-refractivity contribution in [3.8, 4) is 0 Å². The smallest absolute Gasteiger partial charge is 0.325 e. The average Bonchev–Trinajstić information content (AvgIpc) is 2.67. The van der Waals surface area contributed by atoms with Crippen molar-refractivity contribution in [3.05, 3.63) is 6.33 Å². The maximum Gasteiger partial charge on any atom is 0.325 e. The monoisotopic (exact) mass is 213 g/mol. The SMILES string of the molecule is N=C(N)NCC(=O)OCCn1cnnn1. The lowest BCUT2D eigenvalue weighted by molar-refractivity contribution is -0.142. The first-order chi connectivity index (χ1) is 7.18. The summed E-state index contributed by atoms with van der Waals surface area (Å²) in [6.07, 6.45) is 1.42. The van der Waals surface area contributed by atoms with E-state index in [-0.39, 0.29) is 19.1 Å². The largest absolute Gasteiger partial charge is 0.462 e. The van der Waals surface area contributed by atoms with Crippen LogP contribution in [0, 0.1) is 5.41 Å². The van der Waals surface area contributed by atoms with Crippen LogP contribution in [0.5, 0.6) is 0 Å². The Bertz CT molecular complexity index is 322. The van der Waals surface area contributed by atoms with E-state index >= 15 is 0 Å². The number of nitrogens with zero attached hydrogens (tertiary/aromatic N) is 4. The van der Waals surface area contributed by atoms with Crippen LogP contribution in [0.15, 0.2) is 6.33 Å². The molecule has 1 aromatic rings. The van der Waals surface area contributed by atoms with Gasteiger partial charge in [-0.05, 0) is 10.4 Å². The first-order valence-corrected chi connectivity index (χ1v) is 4.13. The molecule has 0 fully saturated rings. The van der Waals surface area contributed by atoms with Crippen molar-refractivity contribution in [1.29, 1.82) is 5.41 Å². The fraction of sp³-hybridized carbons (Fsp3) is 0.500. The normalized spacial score (nSPS) is 9.60. The Morgan fingerprint density at radius 3 is 3.07 bits per heavy atom. The van der Waals surface area contributed by atoms with Crippen LogP contribution in [0.25, 0.3) is 0 Å². The molecule has 82 valence electrons. The van der Waals surface area contributed by atoms with Crippen LogP contribution >= 0.6 is 0 Å². The van der Waals surface area contributed by atoms with Gasteiger partial charge in [0.1, 0.15) is 19.5 Å². The molecule has 9 heteroatoms. The molecule has 0 aromatic carbocycles. The van der Waals surface area contributed by atoms with Gasteiger partial charge in [-0.1, -0.05) is 0 Å². The zero-order valence-electron chi connectivity index (χ0n) is 7.88. The first kappa shape index (κ1) is 10.9. The van der Waals surface area contributed by atoms with Crippen LogP contribution in [0.2, 0.25) is 0 Å². The second-order valence-electron chi connectivity index (χ2n) is 2.56. The number of rotatable bonds is 5. The zero-order valence-corrected chi connectivity index (χ0v) is 7.88. The van der Waals surface area contributed by atoms with Gasteiger partial charge in [-0.25, -0.2) is 4.68 Å². The van der Waals surface area contributed by atoms with E-state index in [9.17, 15) is 4.79 Å². The Morgan fingerprint density at radius 1 is 1.67 bits per heavy atom. The van der Waals surface area contributed by atoms with Gasteiger partial charge in [-0.3, -0.25) is 10.2 Å². The van der Waals surface area contributed by atoms with Crippen molar-refractivity contribution in [2.24, 2.45) is 5.73 Å². The summed E-state index contributed by atoms with van der Waals surface area (Å²) in [6.45, 7) is 0.438. The van der Waals surface area contributed by atoms with Crippen LogP contribution in [0.3, 0.4) is 0 Å². The molecule has 0 spiro atoms. The number of aromatic nitrogens is 4. The van der Waals surface area contributed by atoms with E-state index in [0.29, 0.717) is 6.54 Å². The predicted molar refractivity (Wildman–Crippen MR) is 48.7 cm³/mol. The van der Waals surface area contributed by atoms with Gasteiger partial charge in [-0.15, -0.1) is 5.10 Å². The second kappa shape index (κ2) is 5.52. The summed E-state index contributed by atoms with van der Waals surface area (Å²) < 4.78 is 6.23. The van der Waals surface area contributed by atoms with Gasteiger partial charge in [0.05, 0.1) is 6.54 Å². The van der Waals surface area contributed by atoms with Gasteiger partial charge in [0.25, 0.3) is 0 Å². The van der Waals surface area contributed by atoms with E-state index in [2.05, 4.69) is 20.8 Å². The highest BCUT2D eigenvalue weighted by molar-refractivity contribution is 5.80. The summed E-state index contributed by atoms with van der Waals surface area (Å²) in [5, 5.41) is 19.5. The van der Waals surface area contributed by atoms with Gasteiger partial charge in [-0.2, -0.15) is 0 Å². The van der Waals surface area contributed by atoms with Gasteiger partial charge < -0.3 is 15.8 Å². The van der Waals surface area contributed by atoms with Crippen molar-refractivity contribution in [2.45, 2.75) is 6.54 Å². The molecule has 0 aliphatic heterocycles. The molecule has 1 aromatic heterocycles. The van der Waals surface area contributed by atoms with Gasteiger partial charge in [0, 0.05) is 0 Å². The molecule has 0 amide bonds. The molecule has 0 saturated carbocycles. The predicted octanol–water partition coefficient (Wildman–Crippen LogP) is -2.30. The Hall–Kier alpha value is -2.19. The number of nitrogens with two attached hydrogens (primary N) is 1. The van der Waals surface area contributed by atoms with Crippen molar-refractivity contribution in [3.63, 3.8) is 0 Å². The first-order valence-electron chi connectivity index (χ1n) is 4.13. The molecule has 0 atom stereocenters. The third kappa shape index (κ3) is 4.55. The molecular formula is C6H11N7O2. The molecular weight excluding hydrogens is 202 g/mol. The maximum atomic E-state index is 11.0. The molecule has 9 nitrogen and oxygen atoms in total. The molecule has 1 heterocycles. The van der Waals surface area contributed by atoms with Crippen LogP contribution in [0.1, 0.15) is 0 Å².